The van der Waals surface area contributed by atoms with Crippen molar-refractivity contribution >= 4 is 11.8 Å². The van der Waals surface area contributed by atoms with Gasteiger partial charge >= 0.3 is 11.9 Å². The number of benzene rings is 2. The van der Waals surface area contributed by atoms with Crippen LogP contribution in [0.5, 0.6) is 11.5 Å². The molecule has 2 N–H and O–H groups in total. The van der Waals surface area contributed by atoms with Crippen molar-refractivity contribution in [1.82, 2.24) is 0 Å². The first-order valence-corrected chi connectivity index (χ1v) is 15.3. The number of carbonyl (C=O) groups is 2. The predicted octanol–water partition coefficient (Wildman–Crippen LogP) is 4.66. The lowest BCUT2D eigenvalue weighted by atomic mass is 9.55. The van der Waals surface area contributed by atoms with Gasteiger partial charge in [-0.3, -0.25) is 9.59 Å². The van der Waals surface area contributed by atoms with Crippen molar-refractivity contribution in [3.05, 3.63) is 95.1 Å². The van der Waals surface area contributed by atoms with Gasteiger partial charge in [-0.05, 0) is 60.6 Å². The third kappa shape index (κ3) is 4.14. The monoisotopic (exact) mass is 614 g/mol. The van der Waals surface area contributed by atoms with Crippen molar-refractivity contribution in [3.63, 3.8) is 0 Å². The molecule has 3 bridgehead atoms. The predicted molar refractivity (Wildman–Crippen MR) is 162 cm³/mol. The fourth-order valence-corrected chi connectivity index (χ4v) is 8.48. The zero-order valence-electron chi connectivity index (χ0n) is 25.9. The molecule has 7 rings (SSSR count). The molecule has 5 aliphatic rings. The molecule has 8 atom stereocenters. The van der Waals surface area contributed by atoms with Crippen molar-refractivity contribution in [1.29, 1.82) is 0 Å². The first kappa shape index (κ1) is 29.9. The average Bonchev–Trinajstić information content (AvgIpc) is 3.33. The summed E-state index contributed by atoms with van der Waals surface area (Å²) in [5.74, 6) is -3.54. The highest BCUT2D eigenvalue weighted by atomic mass is 16.9. The van der Waals surface area contributed by atoms with Crippen LogP contribution in [0.15, 0.2) is 84.0 Å². The van der Waals surface area contributed by atoms with Gasteiger partial charge in [0, 0.05) is 23.8 Å². The second-order valence-corrected chi connectivity index (χ2v) is 13.2. The number of aromatic hydroxyl groups is 1. The van der Waals surface area contributed by atoms with Crippen molar-refractivity contribution in [2.24, 2.45) is 17.8 Å². The highest BCUT2D eigenvalue weighted by Gasteiger charge is 2.79. The summed E-state index contributed by atoms with van der Waals surface area (Å²) in [6.45, 7) is 9.93. The number of aliphatic hydroxyl groups is 1. The van der Waals surface area contributed by atoms with Crippen LogP contribution >= 0.6 is 0 Å². The normalized spacial score (nSPS) is 37.7. The van der Waals surface area contributed by atoms with Crippen molar-refractivity contribution in [3.8, 4) is 11.5 Å². The van der Waals surface area contributed by atoms with Crippen molar-refractivity contribution in [2.75, 3.05) is 13.7 Å². The lowest BCUT2D eigenvalue weighted by molar-refractivity contribution is -0.433. The van der Waals surface area contributed by atoms with Gasteiger partial charge in [0.1, 0.15) is 23.9 Å². The van der Waals surface area contributed by atoms with Crippen LogP contribution in [0.4, 0.5) is 0 Å². The molecule has 1 saturated carbocycles. The Kier molecular flexibility index (Phi) is 6.73. The smallest absolute Gasteiger partial charge is 0.313 e. The summed E-state index contributed by atoms with van der Waals surface area (Å²) in [4.78, 5) is 26.8. The number of ether oxygens (including phenoxy) is 5. The first-order valence-electron chi connectivity index (χ1n) is 15.3. The van der Waals surface area contributed by atoms with Gasteiger partial charge in [0.25, 0.3) is 0 Å². The highest BCUT2D eigenvalue weighted by molar-refractivity contribution is 6.04. The van der Waals surface area contributed by atoms with Gasteiger partial charge in [-0.2, -0.15) is 0 Å². The molecular weight excluding hydrogens is 576 g/mol. The fourth-order valence-electron chi connectivity index (χ4n) is 8.48. The van der Waals surface area contributed by atoms with Crippen LogP contribution in [0.2, 0.25) is 0 Å². The minimum absolute atomic E-state index is 0.0228. The first-order chi connectivity index (χ1) is 21.4. The molecule has 2 saturated heterocycles. The van der Waals surface area contributed by atoms with Gasteiger partial charge in [-0.1, -0.05) is 62.1 Å². The molecule has 236 valence electrons. The minimum Gasteiger partial charge on any atom is -0.504 e. The zero-order chi connectivity index (χ0) is 31.9. The maximum Gasteiger partial charge on any atom is 0.313 e. The molecule has 2 aliphatic heterocycles. The van der Waals surface area contributed by atoms with Gasteiger partial charge in [-0.15, -0.1) is 0 Å². The number of methoxy groups -OCH3 is 1. The molecule has 2 heterocycles. The van der Waals surface area contributed by atoms with Crippen LogP contribution in [0.3, 0.4) is 0 Å². The largest absolute Gasteiger partial charge is 0.504 e. The summed E-state index contributed by atoms with van der Waals surface area (Å²) in [5, 5.41) is 22.3. The van der Waals surface area contributed by atoms with Crippen LogP contribution < -0.4 is 4.74 Å². The lowest BCUT2D eigenvalue weighted by Gasteiger charge is -2.59. The minimum atomic E-state index is -1.81. The molecule has 2 aromatic carbocycles. The number of hydrogen-bond acceptors (Lipinski definition) is 9. The second-order valence-electron chi connectivity index (χ2n) is 13.2. The van der Waals surface area contributed by atoms with E-state index >= 15 is 0 Å². The van der Waals surface area contributed by atoms with Crippen LogP contribution in [0.1, 0.15) is 44.7 Å². The Morgan fingerprint density at radius 3 is 2.60 bits per heavy atom. The van der Waals surface area contributed by atoms with Crippen LogP contribution in [0, 0.1) is 17.8 Å². The maximum absolute atomic E-state index is 13.8. The molecule has 0 radical (unpaired) electrons. The Hall–Kier alpha value is -3.76. The van der Waals surface area contributed by atoms with Crippen LogP contribution in [0.25, 0.3) is 0 Å². The van der Waals surface area contributed by atoms with Crippen LogP contribution in [-0.2, 0) is 40.9 Å². The molecule has 3 aliphatic carbocycles. The SMILES string of the molecule is C=C(C)[C@]12C[C@@H](C)[C@@]34O[C@](c5ccccc5)(O[C@@H]1[C@@H]3C=C(COC(=O)Cc1ccc(O)c(OC)c1)C[C@]1(O)C(=O)C(C)=C[C@@H]41)O2. The summed E-state index contributed by atoms with van der Waals surface area (Å²) in [6.07, 6.45) is 3.74. The standard InChI is InChI=1S/C36H38O9/c1-20(2)34-17-22(4)35-26(32(34)43-36(44-34,45-35)25-9-7-6-8-10-25)14-24(18-33(40)29(35)13-21(3)31(33)39)19-42-30(38)16-23-11-12-27(37)28(15-23)41-5/h6-15,22,26,29,32,37,40H,1,16-19H2,2-5H3/t22-,26+,29-,32-,33-,34-,35-,36-/m1/s1. The number of rotatable bonds is 7. The van der Waals surface area contributed by atoms with E-state index < -0.39 is 46.7 Å². The summed E-state index contributed by atoms with van der Waals surface area (Å²) >= 11 is 0. The lowest BCUT2D eigenvalue weighted by Crippen LogP contribution is -2.70. The molecule has 2 aromatic rings. The molecule has 0 spiro atoms. The number of esters is 1. The Labute approximate surface area is 262 Å². The highest BCUT2D eigenvalue weighted by Crippen LogP contribution is 2.69. The van der Waals surface area contributed by atoms with E-state index in [1.54, 1.807) is 19.1 Å². The van der Waals surface area contributed by atoms with E-state index in [1.807, 2.05) is 49.4 Å². The molecule has 9 nitrogen and oxygen atoms in total. The quantitative estimate of drug-likeness (QED) is 0.339. The van der Waals surface area contributed by atoms with E-state index in [1.165, 1.54) is 13.2 Å². The number of fused-ring (bicyclic) bond motifs is 2. The zero-order valence-corrected chi connectivity index (χ0v) is 25.9. The molecular formula is C36H38O9. The number of phenolic OH excluding ortho intramolecular Hbond substituents is 1. The number of phenols is 1. The van der Waals surface area contributed by atoms with E-state index in [4.69, 9.17) is 23.7 Å². The van der Waals surface area contributed by atoms with Gasteiger partial charge in [0.2, 0.25) is 0 Å². The van der Waals surface area contributed by atoms with Crippen LogP contribution in [-0.4, -0.2) is 58.6 Å². The van der Waals surface area contributed by atoms with E-state index in [0.717, 1.165) is 5.57 Å². The van der Waals surface area contributed by atoms with E-state index in [2.05, 4.69) is 13.5 Å². The number of hydrogen-bond donors (Lipinski definition) is 2. The maximum atomic E-state index is 13.8. The third-order valence-corrected chi connectivity index (χ3v) is 10.5. The summed E-state index contributed by atoms with van der Waals surface area (Å²) in [7, 11) is 1.44. The third-order valence-electron chi connectivity index (χ3n) is 10.5. The summed E-state index contributed by atoms with van der Waals surface area (Å²) in [5.41, 5.74) is -0.618. The van der Waals surface area contributed by atoms with E-state index in [0.29, 0.717) is 28.7 Å². The fraction of sp³-hybridized carbons (Fsp3) is 0.444. The molecule has 0 aromatic heterocycles. The average molecular weight is 615 g/mol. The number of Topliss-reactive ketones (excluding diaryl/α,β-unsaturated/α-hetero) is 1. The summed E-state index contributed by atoms with van der Waals surface area (Å²) < 4.78 is 31.7. The Bertz CT molecular complexity index is 1660. The Morgan fingerprint density at radius 2 is 1.89 bits per heavy atom. The molecule has 9 heteroatoms. The van der Waals surface area contributed by atoms with Gasteiger partial charge in [-0.25, -0.2) is 0 Å². The second kappa shape index (κ2) is 10.1. The Balaban J connectivity index is 1.29. The molecule has 0 amide bonds. The topological polar surface area (TPSA) is 121 Å². The van der Waals surface area contributed by atoms with E-state index in [9.17, 15) is 19.8 Å². The molecule has 45 heavy (non-hydrogen) atoms. The molecule has 3 fully saturated rings. The van der Waals surface area contributed by atoms with Gasteiger partial charge in [0.15, 0.2) is 17.3 Å². The molecule has 0 unspecified atom stereocenters. The van der Waals surface area contributed by atoms with Crippen molar-refractivity contribution in [2.45, 2.75) is 68.9 Å². The van der Waals surface area contributed by atoms with E-state index in [-0.39, 0.29) is 42.6 Å². The summed E-state index contributed by atoms with van der Waals surface area (Å²) in [6, 6.07) is 14.1. The van der Waals surface area contributed by atoms with Gasteiger partial charge in [0.05, 0.1) is 19.1 Å². The van der Waals surface area contributed by atoms with Gasteiger partial charge < -0.3 is 33.9 Å². The number of carbonyl (C=O) groups excluding carboxylic acids is 2. The van der Waals surface area contributed by atoms with Crippen molar-refractivity contribution < 1.29 is 43.5 Å². The Morgan fingerprint density at radius 1 is 1.13 bits per heavy atom. The number of ketones is 1.